The summed E-state index contributed by atoms with van der Waals surface area (Å²) in [5, 5.41) is 5.34. The van der Waals surface area contributed by atoms with Gasteiger partial charge in [0.1, 0.15) is 11.8 Å². The lowest BCUT2D eigenvalue weighted by Gasteiger charge is -2.32. The molecular formula is C26H29F5N4O4. The number of benzene rings is 1. The highest BCUT2D eigenvalue weighted by atomic mass is 19.4. The third-order valence-corrected chi connectivity index (χ3v) is 7.56. The lowest BCUT2D eigenvalue weighted by atomic mass is 9.77. The first kappa shape index (κ1) is 28.7. The molecule has 2 aromatic rings. The molecule has 13 heteroatoms. The number of halogens is 5. The minimum absolute atomic E-state index is 0.00187. The number of alkyl halides is 3. The van der Waals surface area contributed by atoms with Gasteiger partial charge in [-0.2, -0.15) is 17.6 Å². The Hall–Kier alpha value is -3.32. The Labute approximate surface area is 221 Å². The van der Waals surface area contributed by atoms with Crippen molar-refractivity contribution in [1.82, 2.24) is 15.2 Å². The standard InChI is InChI=1S/C26H29F5N4O4/c1-13-19(16-5-6-17(27)20(28)21(16)38-4)22(39-25(13,2)26(29,30)31)24(37)33-14-7-9-32-18(11-14)23(36)34-15-8-10-35(3)12-15/h5-7,9,11,13,15,19,22H,8,10,12H2,1-4H3,(H,34,36)(H,32,33,37)/t13-,15?,19-,22+,25+/m0/s1. The Kier molecular flexibility index (Phi) is 7.86. The Morgan fingerprint density at radius 2 is 1.95 bits per heavy atom. The van der Waals surface area contributed by atoms with Crippen LogP contribution in [0.3, 0.4) is 0 Å². The van der Waals surface area contributed by atoms with Gasteiger partial charge in [0, 0.05) is 41.9 Å². The summed E-state index contributed by atoms with van der Waals surface area (Å²) < 4.78 is 81.1. The van der Waals surface area contributed by atoms with Gasteiger partial charge in [0.15, 0.2) is 17.2 Å². The molecule has 39 heavy (non-hydrogen) atoms. The van der Waals surface area contributed by atoms with E-state index in [1.807, 2.05) is 7.05 Å². The van der Waals surface area contributed by atoms with Gasteiger partial charge in [0.2, 0.25) is 5.82 Å². The lowest BCUT2D eigenvalue weighted by molar-refractivity contribution is -0.272. The minimum atomic E-state index is -4.89. The second kappa shape index (κ2) is 10.7. The van der Waals surface area contributed by atoms with Crippen LogP contribution in [0.5, 0.6) is 5.75 Å². The number of likely N-dealkylation sites (tertiary alicyclic amines) is 1. The molecule has 2 aliphatic rings. The van der Waals surface area contributed by atoms with Gasteiger partial charge in [-0.3, -0.25) is 14.6 Å². The molecule has 8 nitrogen and oxygen atoms in total. The Bertz CT molecular complexity index is 1260. The van der Waals surface area contributed by atoms with Gasteiger partial charge in [0.25, 0.3) is 11.8 Å². The van der Waals surface area contributed by atoms with Crippen LogP contribution in [0.1, 0.15) is 42.2 Å². The Morgan fingerprint density at radius 1 is 1.23 bits per heavy atom. The molecule has 212 valence electrons. The van der Waals surface area contributed by atoms with Crippen molar-refractivity contribution in [2.75, 3.05) is 32.6 Å². The summed E-state index contributed by atoms with van der Waals surface area (Å²) in [6, 6.07) is 4.43. The van der Waals surface area contributed by atoms with Crippen LogP contribution in [-0.4, -0.2) is 72.9 Å². The van der Waals surface area contributed by atoms with E-state index >= 15 is 0 Å². The van der Waals surface area contributed by atoms with Crippen molar-refractivity contribution >= 4 is 17.5 Å². The number of rotatable bonds is 6. The predicted molar refractivity (Wildman–Crippen MR) is 130 cm³/mol. The summed E-state index contributed by atoms with van der Waals surface area (Å²) in [4.78, 5) is 32.1. The van der Waals surface area contributed by atoms with Crippen LogP contribution in [0, 0.1) is 17.6 Å². The fourth-order valence-electron chi connectivity index (χ4n) is 5.20. The number of methoxy groups -OCH3 is 1. The molecular weight excluding hydrogens is 527 g/mol. The van der Waals surface area contributed by atoms with Crippen molar-refractivity contribution in [1.29, 1.82) is 0 Å². The first-order valence-electron chi connectivity index (χ1n) is 12.3. The van der Waals surface area contributed by atoms with Gasteiger partial charge >= 0.3 is 6.18 Å². The molecule has 2 aliphatic heterocycles. The summed E-state index contributed by atoms with van der Waals surface area (Å²) in [6.45, 7) is 3.53. The summed E-state index contributed by atoms with van der Waals surface area (Å²) in [7, 11) is 2.98. The zero-order valence-corrected chi connectivity index (χ0v) is 21.7. The average molecular weight is 557 g/mol. The van der Waals surface area contributed by atoms with E-state index in [0.717, 1.165) is 39.1 Å². The summed E-state index contributed by atoms with van der Waals surface area (Å²) in [5.41, 5.74) is -2.83. The summed E-state index contributed by atoms with van der Waals surface area (Å²) in [6.07, 6.45) is -4.60. The Morgan fingerprint density at radius 3 is 2.56 bits per heavy atom. The number of ether oxygens (including phenoxy) is 2. The molecule has 5 atom stereocenters. The largest absolute Gasteiger partial charge is 0.493 e. The average Bonchev–Trinajstić information content (AvgIpc) is 3.41. The number of hydrogen-bond donors (Lipinski definition) is 2. The van der Waals surface area contributed by atoms with Crippen LogP contribution in [0.2, 0.25) is 0 Å². The molecule has 1 unspecified atom stereocenters. The number of hydrogen-bond acceptors (Lipinski definition) is 6. The maximum atomic E-state index is 14.5. The molecule has 0 saturated carbocycles. The fraction of sp³-hybridized carbons (Fsp3) is 0.500. The van der Waals surface area contributed by atoms with Crippen LogP contribution < -0.4 is 15.4 Å². The van der Waals surface area contributed by atoms with Crippen LogP contribution in [0.25, 0.3) is 0 Å². The third-order valence-electron chi connectivity index (χ3n) is 7.56. The van der Waals surface area contributed by atoms with Gasteiger partial charge in [-0.05, 0) is 45.1 Å². The third kappa shape index (κ3) is 5.42. The first-order chi connectivity index (χ1) is 18.3. The SMILES string of the molecule is COc1c([C@H]2[C@H](C(=O)Nc3ccnc(C(=O)NC4CCN(C)C4)c3)O[C@@](C)(C(F)(F)F)[C@H]2C)ccc(F)c1F. The molecule has 2 saturated heterocycles. The van der Waals surface area contributed by atoms with E-state index in [1.54, 1.807) is 0 Å². The van der Waals surface area contributed by atoms with Crippen LogP contribution in [0.4, 0.5) is 27.6 Å². The number of nitrogens with zero attached hydrogens (tertiary/aromatic N) is 2. The minimum Gasteiger partial charge on any atom is -0.493 e. The van der Waals surface area contributed by atoms with E-state index in [4.69, 9.17) is 9.47 Å². The van der Waals surface area contributed by atoms with Gasteiger partial charge < -0.3 is 25.0 Å². The number of pyridine rings is 1. The molecule has 1 aromatic heterocycles. The van der Waals surface area contributed by atoms with Crippen molar-refractivity contribution in [3.05, 3.63) is 53.4 Å². The zero-order valence-electron chi connectivity index (χ0n) is 21.7. The molecule has 2 fully saturated rings. The maximum absolute atomic E-state index is 14.5. The second-order valence-electron chi connectivity index (χ2n) is 10.1. The number of amides is 2. The van der Waals surface area contributed by atoms with E-state index in [2.05, 4.69) is 20.5 Å². The Balaban J connectivity index is 1.63. The van der Waals surface area contributed by atoms with E-state index in [-0.39, 0.29) is 23.0 Å². The number of carbonyl (C=O) groups excluding carboxylic acids is 2. The highest BCUT2D eigenvalue weighted by Crippen LogP contribution is 2.55. The number of carbonyl (C=O) groups is 2. The molecule has 1 aromatic carbocycles. The molecule has 2 N–H and O–H groups in total. The van der Waals surface area contributed by atoms with Crippen molar-refractivity contribution < 1.29 is 41.0 Å². The van der Waals surface area contributed by atoms with E-state index in [1.165, 1.54) is 25.3 Å². The highest BCUT2D eigenvalue weighted by Gasteiger charge is 2.65. The van der Waals surface area contributed by atoms with E-state index < -0.39 is 58.9 Å². The van der Waals surface area contributed by atoms with E-state index in [9.17, 15) is 31.5 Å². The topological polar surface area (TPSA) is 92.8 Å². The molecule has 0 bridgehead atoms. The normalized spacial score (nSPS) is 27.4. The van der Waals surface area contributed by atoms with Crippen molar-refractivity contribution in [2.45, 2.75) is 50.1 Å². The quantitative estimate of drug-likeness (QED) is 0.525. The summed E-state index contributed by atoms with van der Waals surface area (Å²) in [5.74, 6) is -7.44. The second-order valence-corrected chi connectivity index (χ2v) is 10.1. The predicted octanol–water partition coefficient (Wildman–Crippen LogP) is 3.88. The smallest absolute Gasteiger partial charge is 0.417 e. The van der Waals surface area contributed by atoms with Gasteiger partial charge in [-0.15, -0.1) is 0 Å². The van der Waals surface area contributed by atoms with Crippen LogP contribution in [-0.2, 0) is 9.53 Å². The monoisotopic (exact) mass is 556 g/mol. The van der Waals surface area contributed by atoms with Crippen molar-refractivity contribution in [2.24, 2.45) is 5.92 Å². The number of nitrogens with one attached hydrogen (secondary N) is 2. The van der Waals surface area contributed by atoms with Gasteiger partial charge in [-0.25, -0.2) is 4.39 Å². The molecule has 0 radical (unpaired) electrons. The summed E-state index contributed by atoms with van der Waals surface area (Å²) >= 11 is 0. The maximum Gasteiger partial charge on any atom is 0.417 e. The molecule has 0 aliphatic carbocycles. The van der Waals surface area contributed by atoms with Crippen LogP contribution in [0.15, 0.2) is 30.5 Å². The van der Waals surface area contributed by atoms with Crippen molar-refractivity contribution in [3.8, 4) is 5.75 Å². The first-order valence-corrected chi connectivity index (χ1v) is 12.3. The molecule has 2 amide bonds. The molecule has 0 spiro atoms. The van der Waals surface area contributed by atoms with Gasteiger partial charge in [-0.1, -0.05) is 13.0 Å². The zero-order chi connectivity index (χ0) is 28.7. The van der Waals surface area contributed by atoms with Gasteiger partial charge in [0.05, 0.1) is 7.11 Å². The van der Waals surface area contributed by atoms with E-state index in [0.29, 0.717) is 6.54 Å². The highest BCUT2D eigenvalue weighted by molar-refractivity contribution is 5.98. The number of anilines is 1. The molecule has 3 heterocycles. The lowest BCUT2D eigenvalue weighted by Crippen LogP contribution is -2.47. The fourth-order valence-corrected chi connectivity index (χ4v) is 5.20. The van der Waals surface area contributed by atoms with Crippen molar-refractivity contribution in [3.63, 3.8) is 0 Å². The molecule has 4 rings (SSSR count). The number of aromatic nitrogens is 1. The number of likely N-dealkylation sites (N-methyl/N-ethyl adjacent to an activating group) is 1. The van der Waals surface area contributed by atoms with Crippen LogP contribution >= 0.6 is 0 Å².